The Morgan fingerprint density at radius 3 is 2.21 bits per heavy atom. The number of methoxy groups -OCH3 is 1. The summed E-state index contributed by atoms with van der Waals surface area (Å²) in [4.78, 5) is 33.5. The highest BCUT2D eigenvalue weighted by atomic mass is 16.6. The quantitative estimate of drug-likeness (QED) is 0.379. The van der Waals surface area contributed by atoms with Gasteiger partial charge in [0.25, 0.3) is 0 Å². The van der Waals surface area contributed by atoms with Crippen LogP contribution in [0, 0.1) is 5.41 Å². The number of carbonyl (C=O) groups excluding carboxylic acids is 3. The molecule has 0 aromatic rings. The van der Waals surface area contributed by atoms with Gasteiger partial charge in [0, 0.05) is 6.42 Å². The first kappa shape index (κ1) is 17.4. The fourth-order valence-electron chi connectivity index (χ4n) is 0.992. The Hall–Kier alpha value is -1.59. The molecule has 0 bridgehead atoms. The largest absolute Gasteiger partial charge is 0.466 e. The lowest BCUT2D eigenvalue weighted by atomic mass is 9.91. The Balaban J connectivity index is 3.72. The predicted octanol–water partition coefficient (Wildman–Crippen LogP) is 1.46. The maximum Gasteiger partial charge on any atom is 0.344 e. The van der Waals surface area contributed by atoms with Crippen molar-refractivity contribution < 1.29 is 28.6 Å². The fraction of sp³-hybridized carbons (Fsp3) is 0.769. The van der Waals surface area contributed by atoms with Crippen LogP contribution in [0.3, 0.4) is 0 Å². The lowest BCUT2D eigenvalue weighted by molar-refractivity contribution is -0.158. The van der Waals surface area contributed by atoms with E-state index in [1.807, 2.05) is 6.92 Å². The SMILES string of the molecule is CCC(C)(C)C(=O)OCCCC(=O)OCC(=O)OC. The van der Waals surface area contributed by atoms with E-state index in [4.69, 9.17) is 4.74 Å². The highest BCUT2D eigenvalue weighted by Gasteiger charge is 2.26. The standard InChI is InChI=1S/C13H22O6/c1-5-13(2,3)12(16)18-8-6-7-10(14)19-9-11(15)17-4/h5-9H2,1-4H3. The van der Waals surface area contributed by atoms with Crippen LogP contribution in [0.4, 0.5) is 0 Å². The van der Waals surface area contributed by atoms with E-state index in [9.17, 15) is 14.4 Å². The van der Waals surface area contributed by atoms with Gasteiger partial charge in [-0.05, 0) is 26.7 Å². The summed E-state index contributed by atoms with van der Waals surface area (Å²) in [7, 11) is 1.21. The normalized spacial score (nSPS) is 10.7. The molecule has 110 valence electrons. The predicted molar refractivity (Wildman–Crippen MR) is 67.2 cm³/mol. The molecule has 0 aliphatic rings. The van der Waals surface area contributed by atoms with E-state index in [1.165, 1.54) is 7.11 Å². The van der Waals surface area contributed by atoms with E-state index < -0.39 is 24.0 Å². The van der Waals surface area contributed by atoms with Gasteiger partial charge < -0.3 is 14.2 Å². The molecular weight excluding hydrogens is 252 g/mol. The van der Waals surface area contributed by atoms with Gasteiger partial charge in [-0.15, -0.1) is 0 Å². The van der Waals surface area contributed by atoms with Gasteiger partial charge in [0.05, 0.1) is 19.1 Å². The second kappa shape index (κ2) is 8.50. The monoisotopic (exact) mass is 274 g/mol. The number of esters is 3. The summed E-state index contributed by atoms with van der Waals surface area (Å²) >= 11 is 0. The van der Waals surface area contributed by atoms with Gasteiger partial charge in [0.15, 0.2) is 6.61 Å². The lowest BCUT2D eigenvalue weighted by Crippen LogP contribution is -2.26. The number of carbonyl (C=O) groups is 3. The minimum Gasteiger partial charge on any atom is -0.466 e. The third-order valence-corrected chi connectivity index (χ3v) is 2.77. The van der Waals surface area contributed by atoms with Gasteiger partial charge in [-0.25, -0.2) is 4.79 Å². The first-order valence-corrected chi connectivity index (χ1v) is 6.23. The van der Waals surface area contributed by atoms with Crippen molar-refractivity contribution in [2.75, 3.05) is 20.3 Å². The van der Waals surface area contributed by atoms with Crippen molar-refractivity contribution in [3.05, 3.63) is 0 Å². The van der Waals surface area contributed by atoms with Crippen LogP contribution in [0.25, 0.3) is 0 Å². The number of hydrogen-bond donors (Lipinski definition) is 0. The van der Waals surface area contributed by atoms with Crippen molar-refractivity contribution in [3.8, 4) is 0 Å². The van der Waals surface area contributed by atoms with Gasteiger partial charge in [0.1, 0.15) is 0 Å². The molecule has 0 unspecified atom stereocenters. The molecule has 0 saturated carbocycles. The zero-order chi connectivity index (χ0) is 14.9. The smallest absolute Gasteiger partial charge is 0.344 e. The molecule has 0 heterocycles. The van der Waals surface area contributed by atoms with Gasteiger partial charge in [-0.1, -0.05) is 6.92 Å². The maximum absolute atomic E-state index is 11.6. The van der Waals surface area contributed by atoms with Crippen LogP contribution < -0.4 is 0 Å². The molecule has 0 saturated heterocycles. The summed E-state index contributed by atoms with van der Waals surface area (Å²) in [6.45, 7) is 5.29. The highest BCUT2D eigenvalue weighted by Crippen LogP contribution is 2.21. The van der Waals surface area contributed by atoms with Crippen molar-refractivity contribution in [2.24, 2.45) is 5.41 Å². The molecule has 0 fully saturated rings. The maximum atomic E-state index is 11.6. The van der Waals surface area contributed by atoms with Crippen LogP contribution in [0.15, 0.2) is 0 Å². The lowest BCUT2D eigenvalue weighted by Gasteiger charge is -2.20. The molecule has 0 amide bonds. The van der Waals surface area contributed by atoms with Crippen molar-refractivity contribution >= 4 is 17.9 Å². The van der Waals surface area contributed by atoms with Crippen LogP contribution >= 0.6 is 0 Å². The zero-order valence-corrected chi connectivity index (χ0v) is 12.0. The summed E-state index contributed by atoms with van der Waals surface area (Å²) in [5, 5.41) is 0. The van der Waals surface area contributed by atoms with E-state index in [0.717, 1.165) is 0 Å². The average molecular weight is 274 g/mol. The van der Waals surface area contributed by atoms with E-state index in [-0.39, 0.29) is 19.0 Å². The molecule has 0 spiro atoms. The van der Waals surface area contributed by atoms with Crippen LogP contribution in [-0.4, -0.2) is 38.2 Å². The van der Waals surface area contributed by atoms with E-state index >= 15 is 0 Å². The minimum absolute atomic E-state index is 0.0941. The average Bonchev–Trinajstić information content (AvgIpc) is 2.40. The Morgan fingerprint density at radius 2 is 1.68 bits per heavy atom. The third-order valence-electron chi connectivity index (χ3n) is 2.77. The van der Waals surface area contributed by atoms with Crippen LogP contribution in [0.1, 0.15) is 40.0 Å². The van der Waals surface area contributed by atoms with Gasteiger partial charge in [-0.3, -0.25) is 9.59 Å². The minimum atomic E-state index is -0.607. The summed E-state index contributed by atoms with van der Waals surface area (Å²) in [6.07, 6.45) is 1.15. The van der Waals surface area contributed by atoms with Gasteiger partial charge in [0.2, 0.25) is 0 Å². The molecule has 0 radical (unpaired) electrons. The zero-order valence-electron chi connectivity index (χ0n) is 12.0. The molecule has 0 aliphatic heterocycles. The van der Waals surface area contributed by atoms with E-state index in [0.29, 0.717) is 12.8 Å². The Kier molecular flexibility index (Phi) is 7.79. The second-order valence-corrected chi connectivity index (χ2v) is 4.71. The summed E-state index contributed by atoms with van der Waals surface area (Å²) in [5.74, 6) is -1.40. The molecule has 0 rings (SSSR count). The molecule has 6 heteroatoms. The van der Waals surface area contributed by atoms with Gasteiger partial charge >= 0.3 is 17.9 Å². The number of hydrogen-bond acceptors (Lipinski definition) is 6. The van der Waals surface area contributed by atoms with E-state index in [2.05, 4.69) is 9.47 Å². The first-order valence-electron chi connectivity index (χ1n) is 6.23. The molecule has 0 aromatic heterocycles. The Bertz CT molecular complexity index is 321. The highest BCUT2D eigenvalue weighted by molar-refractivity contribution is 5.76. The molecule has 6 nitrogen and oxygen atoms in total. The van der Waals surface area contributed by atoms with Crippen molar-refractivity contribution in [3.63, 3.8) is 0 Å². The topological polar surface area (TPSA) is 78.9 Å². The molecule has 0 aliphatic carbocycles. The van der Waals surface area contributed by atoms with Crippen LogP contribution in [-0.2, 0) is 28.6 Å². The van der Waals surface area contributed by atoms with Gasteiger partial charge in [-0.2, -0.15) is 0 Å². The summed E-state index contributed by atoms with van der Waals surface area (Å²) in [5.41, 5.74) is -0.509. The van der Waals surface area contributed by atoms with Crippen LogP contribution in [0.5, 0.6) is 0 Å². The number of ether oxygens (including phenoxy) is 3. The fourth-order valence-corrected chi connectivity index (χ4v) is 0.992. The molecule has 0 atom stereocenters. The molecule has 0 N–H and O–H groups in total. The summed E-state index contributed by atoms with van der Waals surface area (Å²) in [6, 6.07) is 0. The molecule has 0 aromatic carbocycles. The molecular formula is C13H22O6. The molecule has 19 heavy (non-hydrogen) atoms. The van der Waals surface area contributed by atoms with Crippen LogP contribution in [0.2, 0.25) is 0 Å². The Morgan fingerprint density at radius 1 is 1.05 bits per heavy atom. The Labute approximate surface area is 113 Å². The second-order valence-electron chi connectivity index (χ2n) is 4.71. The van der Waals surface area contributed by atoms with Crippen molar-refractivity contribution in [1.29, 1.82) is 0 Å². The summed E-state index contributed by atoms with van der Waals surface area (Å²) < 4.78 is 14.0. The first-order chi connectivity index (χ1) is 8.83. The number of rotatable bonds is 8. The van der Waals surface area contributed by atoms with Crippen molar-refractivity contribution in [1.82, 2.24) is 0 Å². The third kappa shape index (κ3) is 7.43. The van der Waals surface area contributed by atoms with Crippen molar-refractivity contribution in [2.45, 2.75) is 40.0 Å². The van der Waals surface area contributed by atoms with E-state index in [1.54, 1.807) is 13.8 Å².